The Hall–Kier alpha value is -1.33. The van der Waals surface area contributed by atoms with Crippen molar-refractivity contribution in [2.24, 2.45) is 0 Å². The van der Waals surface area contributed by atoms with Gasteiger partial charge in [0.25, 0.3) is 0 Å². The minimum atomic E-state index is -0.514. The van der Waals surface area contributed by atoms with Gasteiger partial charge in [0.1, 0.15) is 5.54 Å². The molecule has 0 saturated carbocycles. The highest BCUT2D eigenvalue weighted by molar-refractivity contribution is 5.45. The number of benzene rings is 1. The Morgan fingerprint density at radius 1 is 1.17 bits per heavy atom. The van der Waals surface area contributed by atoms with Crippen LogP contribution in [0.3, 0.4) is 0 Å². The van der Waals surface area contributed by atoms with E-state index in [-0.39, 0.29) is 5.41 Å². The maximum atomic E-state index is 9.69. The van der Waals surface area contributed by atoms with E-state index in [1.807, 2.05) is 6.07 Å². The quantitative estimate of drug-likeness (QED) is 0.862. The van der Waals surface area contributed by atoms with E-state index in [2.05, 4.69) is 57.3 Å². The third-order valence-electron chi connectivity index (χ3n) is 3.97. The maximum absolute atomic E-state index is 9.69. The van der Waals surface area contributed by atoms with Crippen LogP contribution in [0.25, 0.3) is 0 Å². The third-order valence-corrected chi connectivity index (χ3v) is 3.97. The average Bonchev–Trinajstić information content (AvgIpc) is 2.33. The zero-order valence-electron chi connectivity index (χ0n) is 11.7. The highest BCUT2D eigenvalue weighted by Gasteiger charge is 2.43. The molecular weight excluding hydrogens is 220 g/mol. The summed E-state index contributed by atoms with van der Waals surface area (Å²) in [5.41, 5.74) is 2.12. The molecule has 1 aromatic rings. The molecule has 1 aliphatic carbocycles. The van der Waals surface area contributed by atoms with Crippen LogP contribution in [0.15, 0.2) is 24.3 Å². The zero-order valence-corrected chi connectivity index (χ0v) is 11.7. The first kappa shape index (κ1) is 13.1. The molecule has 2 heteroatoms. The minimum Gasteiger partial charge on any atom is -0.293 e. The van der Waals surface area contributed by atoms with Crippen molar-refractivity contribution in [3.63, 3.8) is 0 Å². The summed E-state index contributed by atoms with van der Waals surface area (Å²) in [6, 6.07) is 11.2. The van der Waals surface area contributed by atoms with Crippen LogP contribution in [-0.4, -0.2) is 6.04 Å². The number of nitriles is 1. The molecule has 1 aromatic carbocycles. The number of rotatable bonds is 2. The highest BCUT2D eigenvalue weighted by atomic mass is 15.0. The largest absolute Gasteiger partial charge is 0.293 e. The van der Waals surface area contributed by atoms with Crippen LogP contribution >= 0.6 is 0 Å². The number of nitrogens with one attached hydrogen (secondary N) is 1. The molecular formula is C16H22N2. The van der Waals surface area contributed by atoms with Crippen LogP contribution in [-0.2, 0) is 11.0 Å². The predicted molar refractivity (Wildman–Crippen MR) is 74.3 cm³/mol. The summed E-state index contributed by atoms with van der Waals surface area (Å²) in [6.07, 6.45) is 1.92. The predicted octanol–water partition coefficient (Wildman–Crippen LogP) is 3.47. The fourth-order valence-electron chi connectivity index (χ4n) is 3.01. The van der Waals surface area contributed by atoms with Gasteiger partial charge in [-0.1, -0.05) is 38.1 Å². The van der Waals surface area contributed by atoms with E-state index < -0.39 is 5.54 Å². The molecule has 2 nitrogen and oxygen atoms in total. The van der Waals surface area contributed by atoms with Gasteiger partial charge in [-0.2, -0.15) is 5.26 Å². The van der Waals surface area contributed by atoms with Crippen molar-refractivity contribution in [3.8, 4) is 6.07 Å². The van der Waals surface area contributed by atoms with Gasteiger partial charge >= 0.3 is 0 Å². The lowest BCUT2D eigenvalue weighted by Crippen LogP contribution is -2.49. The summed E-state index contributed by atoms with van der Waals surface area (Å²) >= 11 is 0. The van der Waals surface area contributed by atoms with Crippen LogP contribution in [0.4, 0.5) is 0 Å². The molecule has 2 rings (SSSR count). The molecule has 0 bridgehead atoms. The normalized spacial score (nSPS) is 25.6. The zero-order chi connectivity index (χ0) is 13.4. The smallest absolute Gasteiger partial charge is 0.132 e. The molecule has 0 fully saturated rings. The van der Waals surface area contributed by atoms with Gasteiger partial charge in [0.2, 0.25) is 0 Å². The molecule has 0 spiro atoms. The van der Waals surface area contributed by atoms with E-state index in [9.17, 15) is 5.26 Å². The Kier molecular flexibility index (Phi) is 3.21. The van der Waals surface area contributed by atoms with Gasteiger partial charge in [-0.05, 0) is 43.2 Å². The SMILES string of the molecule is CC(C)NC1(C#N)CCC(C)(C)c2ccccc21. The second-order valence-electron chi connectivity index (χ2n) is 6.25. The molecule has 1 N–H and O–H groups in total. The van der Waals surface area contributed by atoms with E-state index in [4.69, 9.17) is 0 Å². The Labute approximate surface area is 110 Å². The fourth-order valence-corrected chi connectivity index (χ4v) is 3.01. The lowest BCUT2D eigenvalue weighted by molar-refractivity contribution is 0.284. The maximum Gasteiger partial charge on any atom is 0.132 e. The standard InChI is InChI=1S/C16H22N2/c1-12(2)18-16(11-17)10-9-15(3,4)13-7-5-6-8-14(13)16/h5-8,12,18H,9-10H2,1-4H3. The van der Waals surface area contributed by atoms with E-state index >= 15 is 0 Å². The van der Waals surface area contributed by atoms with Crippen LogP contribution in [0.1, 0.15) is 51.7 Å². The molecule has 0 saturated heterocycles. The second-order valence-corrected chi connectivity index (χ2v) is 6.25. The Morgan fingerprint density at radius 3 is 2.33 bits per heavy atom. The van der Waals surface area contributed by atoms with Gasteiger partial charge < -0.3 is 0 Å². The van der Waals surface area contributed by atoms with Crippen LogP contribution in [0, 0.1) is 11.3 Å². The number of nitrogens with zero attached hydrogens (tertiary/aromatic N) is 1. The molecule has 0 aliphatic heterocycles. The molecule has 0 aromatic heterocycles. The molecule has 1 aliphatic rings. The van der Waals surface area contributed by atoms with Crippen LogP contribution < -0.4 is 5.32 Å². The molecule has 0 amide bonds. The van der Waals surface area contributed by atoms with Gasteiger partial charge in [0.15, 0.2) is 0 Å². The van der Waals surface area contributed by atoms with Crippen molar-refractivity contribution in [2.45, 2.75) is 57.5 Å². The van der Waals surface area contributed by atoms with Gasteiger partial charge in [-0.25, -0.2) is 0 Å². The van der Waals surface area contributed by atoms with Crippen molar-refractivity contribution < 1.29 is 0 Å². The van der Waals surface area contributed by atoms with Crippen molar-refractivity contribution in [3.05, 3.63) is 35.4 Å². The summed E-state index contributed by atoms with van der Waals surface area (Å²) in [5, 5.41) is 13.2. The molecule has 1 unspecified atom stereocenters. The summed E-state index contributed by atoms with van der Waals surface area (Å²) in [7, 11) is 0. The summed E-state index contributed by atoms with van der Waals surface area (Å²) in [6.45, 7) is 8.73. The summed E-state index contributed by atoms with van der Waals surface area (Å²) in [5.74, 6) is 0. The topological polar surface area (TPSA) is 35.8 Å². The van der Waals surface area contributed by atoms with Crippen molar-refractivity contribution in [1.29, 1.82) is 5.26 Å². The minimum absolute atomic E-state index is 0.162. The van der Waals surface area contributed by atoms with Crippen LogP contribution in [0.2, 0.25) is 0 Å². The first-order valence-electron chi connectivity index (χ1n) is 6.70. The van der Waals surface area contributed by atoms with Gasteiger partial charge in [-0.15, -0.1) is 0 Å². The molecule has 1 atom stereocenters. The number of hydrogen-bond donors (Lipinski definition) is 1. The van der Waals surface area contributed by atoms with Crippen molar-refractivity contribution >= 4 is 0 Å². The van der Waals surface area contributed by atoms with E-state index in [0.29, 0.717) is 6.04 Å². The lowest BCUT2D eigenvalue weighted by Gasteiger charge is -2.43. The van der Waals surface area contributed by atoms with Crippen molar-refractivity contribution in [2.75, 3.05) is 0 Å². The highest BCUT2D eigenvalue weighted by Crippen LogP contribution is 2.44. The Morgan fingerprint density at radius 2 is 1.78 bits per heavy atom. The number of hydrogen-bond acceptors (Lipinski definition) is 2. The summed E-state index contributed by atoms with van der Waals surface area (Å²) < 4.78 is 0. The molecule has 18 heavy (non-hydrogen) atoms. The summed E-state index contributed by atoms with van der Waals surface area (Å²) in [4.78, 5) is 0. The van der Waals surface area contributed by atoms with Crippen molar-refractivity contribution in [1.82, 2.24) is 5.32 Å². The third kappa shape index (κ3) is 2.04. The molecule has 0 radical (unpaired) electrons. The van der Waals surface area contributed by atoms with E-state index in [0.717, 1.165) is 18.4 Å². The Bertz CT molecular complexity index is 482. The first-order chi connectivity index (χ1) is 8.41. The second kappa shape index (κ2) is 4.40. The molecule has 0 heterocycles. The van der Waals surface area contributed by atoms with Crippen LogP contribution in [0.5, 0.6) is 0 Å². The number of fused-ring (bicyclic) bond motifs is 1. The monoisotopic (exact) mass is 242 g/mol. The molecule has 96 valence electrons. The van der Waals surface area contributed by atoms with Gasteiger partial charge in [0, 0.05) is 6.04 Å². The van der Waals surface area contributed by atoms with E-state index in [1.54, 1.807) is 0 Å². The van der Waals surface area contributed by atoms with Gasteiger partial charge in [-0.3, -0.25) is 5.32 Å². The fraction of sp³-hybridized carbons (Fsp3) is 0.562. The lowest BCUT2D eigenvalue weighted by atomic mass is 9.65. The Balaban J connectivity index is 2.57. The average molecular weight is 242 g/mol. The van der Waals surface area contributed by atoms with E-state index in [1.165, 1.54) is 5.56 Å². The van der Waals surface area contributed by atoms with Gasteiger partial charge in [0.05, 0.1) is 6.07 Å². The first-order valence-corrected chi connectivity index (χ1v) is 6.70.